The van der Waals surface area contributed by atoms with Gasteiger partial charge in [-0.05, 0) is 12.3 Å². The predicted molar refractivity (Wildman–Crippen MR) is 72.6 cm³/mol. The number of carbonyl (C=O) groups excluding carboxylic acids is 2. The number of likely N-dealkylation sites (tertiary alicyclic amines) is 1. The van der Waals surface area contributed by atoms with E-state index in [1.165, 1.54) is 0 Å². The van der Waals surface area contributed by atoms with Crippen LogP contribution in [0.3, 0.4) is 0 Å². The number of rotatable bonds is 2. The molecule has 2 aliphatic rings. The zero-order valence-corrected chi connectivity index (χ0v) is 12.4. The van der Waals surface area contributed by atoms with Gasteiger partial charge in [-0.2, -0.15) is 0 Å². The van der Waals surface area contributed by atoms with Crippen LogP contribution in [0.1, 0.15) is 33.9 Å². The molecule has 3 heterocycles. The van der Waals surface area contributed by atoms with Gasteiger partial charge in [0, 0.05) is 19.5 Å². The average molecular weight is 336 g/mol. The molecule has 0 aromatic carbocycles. The molecule has 0 saturated carbocycles. The van der Waals surface area contributed by atoms with E-state index in [2.05, 4.69) is 10.3 Å². The van der Waals surface area contributed by atoms with Crippen LogP contribution in [0.25, 0.3) is 0 Å². The number of halogens is 3. The Bertz CT molecular complexity index is 595. The second kappa shape index (κ2) is 5.49. The highest BCUT2D eigenvalue weighted by Gasteiger charge is 2.39. The van der Waals surface area contributed by atoms with Gasteiger partial charge >= 0.3 is 0 Å². The fourth-order valence-electron chi connectivity index (χ4n) is 2.76. The first kappa shape index (κ1) is 14.6. The molecule has 114 valence electrons. The number of carbonyl (C=O) groups is 2. The number of hydrogen-bond donors (Lipinski definition) is 1. The SMILES string of the molecule is O=C1CCC2CN(C(=O)c3nc(Cl)c(C(F)F)s3)CC2N1. The van der Waals surface area contributed by atoms with Crippen molar-refractivity contribution in [2.45, 2.75) is 25.3 Å². The Balaban J connectivity index is 1.74. The summed E-state index contributed by atoms with van der Waals surface area (Å²) in [6.07, 6.45) is -1.54. The Morgan fingerprint density at radius 1 is 1.48 bits per heavy atom. The second-order valence-corrected chi connectivity index (χ2v) is 6.55. The molecule has 21 heavy (non-hydrogen) atoms. The molecule has 1 N–H and O–H groups in total. The molecule has 5 nitrogen and oxygen atoms in total. The highest BCUT2D eigenvalue weighted by atomic mass is 35.5. The average Bonchev–Trinajstić information content (AvgIpc) is 3.00. The standard InChI is InChI=1S/C12H12ClF2N3O2S/c13-9-8(10(14)15)21-11(17-9)12(20)18-3-5-1-2-7(19)16-6(5)4-18/h5-6,10H,1-4H2,(H,16,19). The molecule has 2 unspecified atom stereocenters. The first-order valence-corrected chi connectivity index (χ1v) is 7.68. The van der Waals surface area contributed by atoms with Crippen molar-refractivity contribution >= 4 is 34.8 Å². The lowest BCUT2D eigenvalue weighted by atomic mass is 9.94. The van der Waals surface area contributed by atoms with Crippen LogP contribution in [-0.4, -0.2) is 40.8 Å². The summed E-state index contributed by atoms with van der Waals surface area (Å²) in [5.74, 6) is -0.197. The predicted octanol–water partition coefficient (Wildman–Crippen LogP) is 2.08. The van der Waals surface area contributed by atoms with Gasteiger partial charge in [-0.1, -0.05) is 11.6 Å². The third-order valence-corrected chi connectivity index (χ3v) is 5.26. The molecule has 1 aromatic heterocycles. The summed E-state index contributed by atoms with van der Waals surface area (Å²) in [6, 6.07) is -0.0554. The Morgan fingerprint density at radius 3 is 2.90 bits per heavy atom. The van der Waals surface area contributed by atoms with Gasteiger partial charge in [0.1, 0.15) is 10.0 Å². The minimum Gasteiger partial charge on any atom is -0.351 e. The van der Waals surface area contributed by atoms with Crippen LogP contribution in [0.5, 0.6) is 0 Å². The third-order valence-electron chi connectivity index (χ3n) is 3.81. The van der Waals surface area contributed by atoms with Crippen molar-refractivity contribution in [3.63, 3.8) is 0 Å². The number of nitrogens with one attached hydrogen (secondary N) is 1. The molecule has 0 bridgehead atoms. The van der Waals surface area contributed by atoms with Gasteiger partial charge in [0.25, 0.3) is 12.3 Å². The van der Waals surface area contributed by atoms with Crippen LogP contribution >= 0.6 is 22.9 Å². The van der Waals surface area contributed by atoms with Crippen LogP contribution in [0.2, 0.25) is 5.15 Å². The van der Waals surface area contributed by atoms with Crippen LogP contribution in [0.15, 0.2) is 0 Å². The lowest BCUT2D eigenvalue weighted by Gasteiger charge is -2.24. The Labute approximate surface area is 128 Å². The summed E-state index contributed by atoms with van der Waals surface area (Å²) in [5.41, 5.74) is 0. The van der Waals surface area contributed by atoms with E-state index in [4.69, 9.17) is 11.6 Å². The van der Waals surface area contributed by atoms with Crippen LogP contribution in [0.4, 0.5) is 8.78 Å². The molecule has 2 saturated heterocycles. The van der Waals surface area contributed by atoms with Gasteiger partial charge in [0.15, 0.2) is 5.01 Å². The monoisotopic (exact) mass is 335 g/mol. The molecule has 2 aliphatic heterocycles. The Morgan fingerprint density at radius 2 is 2.24 bits per heavy atom. The molecule has 0 radical (unpaired) electrons. The highest BCUT2D eigenvalue weighted by molar-refractivity contribution is 7.14. The second-order valence-electron chi connectivity index (χ2n) is 5.16. The molecule has 2 atom stereocenters. The fourth-order valence-corrected chi connectivity index (χ4v) is 3.88. The lowest BCUT2D eigenvalue weighted by Crippen LogP contribution is -2.44. The van der Waals surface area contributed by atoms with Crippen LogP contribution in [-0.2, 0) is 4.79 Å². The van der Waals surface area contributed by atoms with Crippen molar-refractivity contribution in [3.8, 4) is 0 Å². The number of thiazole rings is 1. The van der Waals surface area contributed by atoms with E-state index in [1.54, 1.807) is 4.90 Å². The molecule has 9 heteroatoms. The largest absolute Gasteiger partial charge is 0.351 e. The molecule has 1 aromatic rings. The van der Waals surface area contributed by atoms with Crippen molar-refractivity contribution in [1.82, 2.24) is 15.2 Å². The van der Waals surface area contributed by atoms with Crippen molar-refractivity contribution in [3.05, 3.63) is 15.0 Å². The van der Waals surface area contributed by atoms with E-state index in [-0.39, 0.29) is 32.9 Å². The number of alkyl halides is 2. The van der Waals surface area contributed by atoms with Crippen molar-refractivity contribution in [1.29, 1.82) is 0 Å². The number of nitrogens with zero attached hydrogens (tertiary/aromatic N) is 2. The van der Waals surface area contributed by atoms with Gasteiger partial charge in [-0.25, -0.2) is 13.8 Å². The van der Waals surface area contributed by atoms with E-state index in [1.807, 2.05) is 0 Å². The van der Waals surface area contributed by atoms with Gasteiger partial charge in [0.05, 0.1) is 6.04 Å². The molecule has 3 rings (SSSR count). The van der Waals surface area contributed by atoms with Crippen LogP contribution in [0, 0.1) is 5.92 Å². The normalized spacial score (nSPS) is 25.1. The first-order valence-electron chi connectivity index (χ1n) is 6.48. The van der Waals surface area contributed by atoms with E-state index >= 15 is 0 Å². The van der Waals surface area contributed by atoms with E-state index in [9.17, 15) is 18.4 Å². The van der Waals surface area contributed by atoms with Gasteiger partial charge < -0.3 is 10.2 Å². The molecular formula is C12H12ClF2N3O2S. The molecule has 2 fully saturated rings. The summed E-state index contributed by atoms with van der Waals surface area (Å²) in [5, 5.41) is 2.51. The van der Waals surface area contributed by atoms with E-state index < -0.39 is 12.3 Å². The maximum Gasteiger partial charge on any atom is 0.282 e. The number of amides is 2. The molecule has 2 amide bonds. The van der Waals surface area contributed by atoms with E-state index in [0.29, 0.717) is 30.8 Å². The molecule has 0 spiro atoms. The Kier molecular flexibility index (Phi) is 3.83. The maximum absolute atomic E-state index is 12.7. The number of hydrogen-bond acceptors (Lipinski definition) is 4. The summed E-state index contributed by atoms with van der Waals surface area (Å²) < 4.78 is 25.4. The summed E-state index contributed by atoms with van der Waals surface area (Å²) in [6.45, 7) is 0.890. The fraction of sp³-hybridized carbons (Fsp3) is 0.583. The lowest BCUT2D eigenvalue weighted by molar-refractivity contribution is -0.123. The van der Waals surface area contributed by atoms with Crippen molar-refractivity contribution in [2.75, 3.05) is 13.1 Å². The minimum absolute atomic E-state index is 0.0113. The van der Waals surface area contributed by atoms with Crippen molar-refractivity contribution < 1.29 is 18.4 Å². The zero-order valence-electron chi connectivity index (χ0n) is 10.8. The summed E-state index contributed by atoms with van der Waals surface area (Å²) >= 11 is 6.25. The number of fused-ring (bicyclic) bond motifs is 1. The summed E-state index contributed by atoms with van der Waals surface area (Å²) in [7, 11) is 0. The van der Waals surface area contributed by atoms with Crippen molar-refractivity contribution in [2.24, 2.45) is 5.92 Å². The molecule has 0 aliphatic carbocycles. The van der Waals surface area contributed by atoms with Gasteiger partial charge in [-0.3, -0.25) is 9.59 Å². The highest BCUT2D eigenvalue weighted by Crippen LogP contribution is 2.34. The third kappa shape index (κ3) is 2.74. The quantitative estimate of drug-likeness (QED) is 0.900. The molecular weight excluding hydrogens is 324 g/mol. The smallest absolute Gasteiger partial charge is 0.282 e. The van der Waals surface area contributed by atoms with Gasteiger partial charge in [0.2, 0.25) is 5.91 Å². The number of aromatic nitrogens is 1. The van der Waals surface area contributed by atoms with Crippen LogP contribution < -0.4 is 5.32 Å². The van der Waals surface area contributed by atoms with E-state index in [0.717, 1.165) is 6.42 Å². The maximum atomic E-state index is 12.7. The minimum atomic E-state index is -2.74. The number of piperidine rings is 1. The van der Waals surface area contributed by atoms with Gasteiger partial charge in [-0.15, -0.1) is 11.3 Å². The Hall–Kier alpha value is -1.28. The first-order chi connectivity index (χ1) is 9.95. The topological polar surface area (TPSA) is 62.3 Å². The zero-order chi connectivity index (χ0) is 15.1. The summed E-state index contributed by atoms with van der Waals surface area (Å²) in [4.78, 5) is 28.6.